The third kappa shape index (κ3) is 1.95. The second-order valence-corrected chi connectivity index (χ2v) is 6.36. The van der Waals surface area contributed by atoms with Gasteiger partial charge in [0.1, 0.15) is 4.83 Å². The Morgan fingerprint density at radius 1 is 1.25 bits per heavy atom. The van der Waals surface area contributed by atoms with E-state index in [1.807, 2.05) is 0 Å². The molecular formula is C14H16N2O3S. The second kappa shape index (κ2) is 5.01. The first-order valence-electron chi connectivity index (χ1n) is 6.86. The molecule has 0 radical (unpaired) electrons. The topological polar surface area (TPSA) is 71.9 Å². The van der Waals surface area contributed by atoms with Gasteiger partial charge in [-0.3, -0.25) is 19.1 Å². The van der Waals surface area contributed by atoms with Crippen LogP contribution in [0, 0.1) is 6.92 Å². The zero-order valence-corrected chi connectivity index (χ0v) is 12.1. The maximum absolute atomic E-state index is 12.6. The van der Waals surface area contributed by atoms with Crippen LogP contribution >= 0.6 is 11.3 Å². The van der Waals surface area contributed by atoms with Crippen LogP contribution in [0.3, 0.4) is 0 Å². The first-order chi connectivity index (χ1) is 9.63. The zero-order valence-electron chi connectivity index (χ0n) is 11.3. The molecule has 3 rings (SSSR count). The highest BCUT2D eigenvalue weighted by Gasteiger charge is 2.22. The Labute approximate surface area is 119 Å². The van der Waals surface area contributed by atoms with E-state index in [1.54, 1.807) is 6.92 Å². The van der Waals surface area contributed by atoms with E-state index in [9.17, 15) is 14.4 Å². The summed E-state index contributed by atoms with van der Waals surface area (Å²) in [5.41, 5.74) is 0.0661. The Morgan fingerprint density at radius 3 is 2.60 bits per heavy atom. The predicted octanol–water partition coefficient (Wildman–Crippen LogP) is 2.38. The molecule has 1 aliphatic rings. The number of carbonyl (C=O) groups is 1. The number of nitrogens with zero attached hydrogens (tertiary/aromatic N) is 1. The molecule has 20 heavy (non-hydrogen) atoms. The van der Waals surface area contributed by atoms with E-state index < -0.39 is 0 Å². The molecular weight excluding hydrogens is 276 g/mol. The first-order valence-corrected chi connectivity index (χ1v) is 7.68. The molecule has 2 aromatic rings. The number of aromatic amines is 1. The molecule has 1 fully saturated rings. The fourth-order valence-electron chi connectivity index (χ4n) is 3.03. The number of aromatic nitrogens is 2. The maximum Gasteiger partial charge on any atom is 0.329 e. The van der Waals surface area contributed by atoms with Crippen LogP contribution in [0.2, 0.25) is 0 Å². The van der Waals surface area contributed by atoms with Gasteiger partial charge in [0.05, 0.1) is 10.3 Å². The second-order valence-electron chi connectivity index (χ2n) is 5.31. The predicted molar refractivity (Wildman–Crippen MR) is 79.0 cm³/mol. The summed E-state index contributed by atoms with van der Waals surface area (Å²) in [5, 5.41) is 0.488. The van der Waals surface area contributed by atoms with Gasteiger partial charge in [-0.05, 0) is 25.3 Å². The summed E-state index contributed by atoms with van der Waals surface area (Å²) in [4.78, 5) is 39.6. The normalized spacial score (nSPS) is 16.6. The third-order valence-electron chi connectivity index (χ3n) is 4.10. The summed E-state index contributed by atoms with van der Waals surface area (Å²) in [7, 11) is 0. The van der Waals surface area contributed by atoms with Crippen molar-refractivity contribution in [3.63, 3.8) is 0 Å². The van der Waals surface area contributed by atoms with E-state index in [-0.39, 0.29) is 17.3 Å². The van der Waals surface area contributed by atoms with Crippen molar-refractivity contribution in [2.24, 2.45) is 0 Å². The first kappa shape index (κ1) is 13.3. The highest BCUT2D eigenvalue weighted by Crippen LogP contribution is 2.28. The largest absolute Gasteiger partial charge is 0.329 e. The fourth-order valence-corrected chi connectivity index (χ4v) is 4.03. The van der Waals surface area contributed by atoms with E-state index in [4.69, 9.17) is 0 Å². The highest BCUT2D eigenvalue weighted by molar-refractivity contribution is 7.20. The lowest BCUT2D eigenvalue weighted by molar-refractivity contribution is 0.112. The minimum atomic E-state index is -0.354. The van der Waals surface area contributed by atoms with Gasteiger partial charge >= 0.3 is 5.69 Å². The van der Waals surface area contributed by atoms with Crippen molar-refractivity contribution < 1.29 is 4.79 Å². The average molecular weight is 292 g/mol. The number of hydrogen-bond acceptors (Lipinski definition) is 4. The third-order valence-corrected chi connectivity index (χ3v) is 5.24. The van der Waals surface area contributed by atoms with Gasteiger partial charge in [0.15, 0.2) is 6.29 Å². The highest BCUT2D eigenvalue weighted by atomic mass is 32.1. The molecule has 6 heteroatoms. The Balaban J connectivity index is 2.27. The van der Waals surface area contributed by atoms with Gasteiger partial charge in [-0.1, -0.05) is 19.3 Å². The number of fused-ring (bicyclic) bond motifs is 1. The average Bonchev–Trinajstić information content (AvgIpc) is 2.76. The van der Waals surface area contributed by atoms with Crippen LogP contribution in [-0.2, 0) is 0 Å². The van der Waals surface area contributed by atoms with E-state index in [0.717, 1.165) is 38.4 Å². The summed E-state index contributed by atoms with van der Waals surface area (Å²) < 4.78 is 1.36. The van der Waals surface area contributed by atoms with Crippen LogP contribution in [-0.4, -0.2) is 15.8 Å². The molecule has 1 saturated carbocycles. The van der Waals surface area contributed by atoms with Gasteiger partial charge in [0.2, 0.25) is 0 Å². The van der Waals surface area contributed by atoms with Gasteiger partial charge in [-0.15, -0.1) is 11.3 Å². The molecule has 0 aliphatic heterocycles. The van der Waals surface area contributed by atoms with Gasteiger partial charge in [-0.2, -0.15) is 0 Å². The molecule has 1 N–H and O–H groups in total. The number of carbonyl (C=O) groups excluding carboxylic acids is 1. The maximum atomic E-state index is 12.6. The molecule has 2 heterocycles. The van der Waals surface area contributed by atoms with Crippen molar-refractivity contribution in [3.8, 4) is 0 Å². The number of hydrogen-bond donors (Lipinski definition) is 1. The van der Waals surface area contributed by atoms with Gasteiger partial charge in [0, 0.05) is 6.04 Å². The molecule has 0 bridgehead atoms. The van der Waals surface area contributed by atoms with Crippen molar-refractivity contribution in [2.45, 2.75) is 45.1 Å². The zero-order chi connectivity index (χ0) is 14.3. The quantitative estimate of drug-likeness (QED) is 0.864. The monoisotopic (exact) mass is 292 g/mol. The number of rotatable bonds is 2. The Bertz CT molecular complexity index is 778. The minimum absolute atomic E-state index is 0.0108. The SMILES string of the molecule is Cc1c(C=O)sc2[nH]c(=O)n(C3CCCCC3)c(=O)c12. The smallest absolute Gasteiger partial charge is 0.298 e. The van der Waals surface area contributed by atoms with E-state index in [1.165, 1.54) is 15.9 Å². The van der Waals surface area contributed by atoms with E-state index in [2.05, 4.69) is 4.98 Å². The standard InChI is InChI=1S/C14H16N2O3S/c1-8-10(7-17)20-12-11(8)13(18)16(14(19)15-12)9-5-3-2-4-6-9/h7,9H,2-6H2,1H3,(H,15,19). The van der Waals surface area contributed by atoms with Gasteiger partial charge in [0.25, 0.3) is 5.56 Å². The molecule has 2 aromatic heterocycles. The summed E-state index contributed by atoms with van der Waals surface area (Å²) >= 11 is 1.17. The summed E-state index contributed by atoms with van der Waals surface area (Å²) in [6.07, 6.45) is 5.75. The van der Waals surface area contributed by atoms with Crippen molar-refractivity contribution >= 4 is 27.8 Å². The van der Waals surface area contributed by atoms with E-state index in [0.29, 0.717) is 20.7 Å². The summed E-state index contributed by atoms with van der Waals surface area (Å²) in [5.74, 6) is 0. The van der Waals surface area contributed by atoms with Gasteiger partial charge in [-0.25, -0.2) is 4.79 Å². The molecule has 0 aromatic carbocycles. The Kier molecular flexibility index (Phi) is 3.33. The molecule has 0 atom stereocenters. The van der Waals surface area contributed by atoms with Crippen LogP contribution in [0.15, 0.2) is 9.59 Å². The number of H-pyrrole nitrogens is 1. The molecule has 0 spiro atoms. The molecule has 1 aliphatic carbocycles. The van der Waals surface area contributed by atoms with E-state index >= 15 is 0 Å². The lowest BCUT2D eigenvalue weighted by atomic mass is 9.95. The number of aryl methyl sites for hydroxylation is 1. The van der Waals surface area contributed by atoms with Crippen LogP contribution in [0.5, 0.6) is 0 Å². The Hall–Kier alpha value is -1.69. The summed E-state index contributed by atoms with van der Waals surface area (Å²) in [6, 6.07) is -0.0108. The van der Waals surface area contributed by atoms with Crippen molar-refractivity contribution in [1.29, 1.82) is 0 Å². The van der Waals surface area contributed by atoms with Crippen molar-refractivity contribution in [2.75, 3.05) is 0 Å². The minimum Gasteiger partial charge on any atom is -0.298 e. The fraction of sp³-hybridized carbons (Fsp3) is 0.500. The van der Waals surface area contributed by atoms with Crippen molar-refractivity contribution in [3.05, 3.63) is 31.3 Å². The van der Waals surface area contributed by atoms with Crippen LogP contribution in [0.25, 0.3) is 10.2 Å². The number of nitrogens with one attached hydrogen (secondary N) is 1. The molecule has 106 valence electrons. The lowest BCUT2D eigenvalue weighted by Crippen LogP contribution is -2.38. The van der Waals surface area contributed by atoms with Crippen LogP contribution in [0.1, 0.15) is 53.4 Å². The van der Waals surface area contributed by atoms with Crippen LogP contribution in [0.4, 0.5) is 0 Å². The lowest BCUT2D eigenvalue weighted by Gasteiger charge is -2.22. The van der Waals surface area contributed by atoms with Crippen molar-refractivity contribution in [1.82, 2.24) is 9.55 Å². The Morgan fingerprint density at radius 2 is 1.95 bits per heavy atom. The molecule has 0 unspecified atom stereocenters. The molecule has 5 nitrogen and oxygen atoms in total. The molecule has 0 amide bonds. The van der Waals surface area contributed by atoms with Gasteiger partial charge < -0.3 is 0 Å². The van der Waals surface area contributed by atoms with Crippen LogP contribution < -0.4 is 11.2 Å². The summed E-state index contributed by atoms with van der Waals surface area (Å²) in [6.45, 7) is 1.76. The number of aldehydes is 1. The molecule has 0 saturated heterocycles. The number of thiophene rings is 1.